The summed E-state index contributed by atoms with van der Waals surface area (Å²) in [5, 5.41) is 3.66. The zero-order valence-corrected chi connectivity index (χ0v) is 15.6. The number of ether oxygens (including phenoxy) is 1. The fourth-order valence-electron chi connectivity index (χ4n) is 4.00. The van der Waals surface area contributed by atoms with Crippen molar-refractivity contribution in [3.63, 3.8) is 0 Å². The van der Waals surface area contributed by atoms with Gasteiger partial charge in [-0.15, -0.1) is 0 Å². The van der Waals surface area contributed by atoms with E-state index in [1.807, 2.05) is 24.1 Å². The van der Waals surface area contributed by atoms with Crippen molar-refractivity contribution in [2.45, 2.75) is 70.1 Å². The molecule has 1 N–H and O–H groups in total. The summed E-state index contributed by atoms with van der Waals surface area (Å²) in [7, 11) is 2.01. The van der Waals surface area contributed by atoms with Crippen LogP contribution in [0.4, 0.5) is 0 Å². The molecular formula is C19H32N4O2. The first-order chi connectivity index (χ1) is 12.1. The molecule has 0 aliphatic carbocycles. The monoisotopic (exact) mass is 348 g/mol. The highest BCUT2D eigenvalue weighted by atomic mass is 16.5. The Hall–Kier alpha value is -1.40. The molecule has 1 aromatic heterocycles. The average molecular weight is 348 g/mol. The zero-order chi connectivity index (χ0) is 17.6. The van der Waals surface area contributed by atoms with Crippen molar-refractivity contribution < 1.29 is 9.53 Å². The van der Waals surface area contributed by atoms with E-state index in [9.17, 15) is 4.79 Å². The van der Waals surface area contributed by atoms with E-state index in [4.69, 9.17) is 4.74 Å². The van der Waals surface area contributed by atoms with Crippen LogP contribution in [0.25, 0.3) is 0 Å². The normalized spacial score (nSPS) is 26.2. The van der Waals surface area contributed by atoms with Crippen LogP contribution >= 0.6 is 0 Å². The molecule has 6 heteroatoms. The minimum Gasteiger partial charge on any atom is -0.372 e. The van der Waals surface area contributed by atoms with Crippen LogP contribution in [0.5, 0.6) is 0 Å². The van der Waals surface area contributed by atoms with E-state index in [1.54, 1.807) is 0 Å². The van der Waals surface area contributed by atoms with Crippen LogP contribution < -0.4 is 5.32 Å². The number of nitrogens with zero attached hydrogens (tertiary/aromatic N) is 3. The summed E-state index contributed by atoms with van der Waals surface area (Å²) in [6.45, 7) is 4.75. The Balaban J connectivity index is 1.47. The van der Waals surface area contributed by atoms with Crippen molar-refractivity contribution in [1.29, 1.82) is 0 Å². The highest BCUT2D eigenvalue weighted by molar-refractivity contribution is 5.76. The van der Waals surface area contributed by atoms with Gasteiger partial charge in [-0.2, -0.15) is 0 Å². The Labute approximate surface area is 150 Å². The third-order valence-corrected chi connectivity index (χ3v) is 5.43. The number of rotatable bonds is 5. The molecule has 1 amide bonds. The summed E-state index contributed by atoms with van der Waals surface area (Å²) < 4.78 is 7.96. The number of aromatic nitrogens is 2. The highest BCUT2D eigenvalue weighted by Crippen LogP contribution is 2.28. The molecule has 3 heterocycles. The average Bonchev–Trinajstić information content (AvgIpc) is 2.84. The maximum Gasteiger partial charge on any atom is 0.224 e. The summed E-state index contributed by atoms with van der Waals surface area (Å²) in [6, 6.07) is 0.589. The van der Waals surface area contributed by atoms with E-state index in [2.05, 4.69) is 22.1 Å². The van der Waals surface area contributed by atoms with Crippen molar-refractivity contribution in [2.24, 2.45) is 7.05 Å². The van der Waals surface area contributed by atoms with Crippen LogP contribution in [-0.2, 0) is 16.6 Å². The van der Waals surface area contributed by atoms with E-state index in [0.717, 1.165) is 51.1 Å². The van der Waals surface area contributed by atoms with Gasteiger partial charge in [-0.3, -0.25) is 4.79 Å². The van der Waals surface area contributed by atoms with Gasteiger partial charge in [0.25, 0.3) is 0 Å². The van der Waals surface area contributed by atoms with E-state index in [-0.39, 0.29) is 12.1 Å². The van der Waals surface area contributed by atoms with Crippen LogP contribution in [0.2, 0.25) is 0 Å². The van der Waals surface area contributed by atoms with Gasteiger partial charge in [0.1, 0.15) is 6.10 Å². The van der Waals surface area contributed by atoms with Gasteiger partial charge in [-0.1, -0.05) is 12.8 Å². The van der Waals surface area contributed by atoms with Crippen molar-refractivity contribution in [2.75, 3.05) is 19.7 Å². The van der Waals surface area contributed by atoms with Gasteiger partial charge in [0.15, 0.2) is 0 Å². The van der Waals surface area contributed by atoms with Crippen molar-refractivity contribution in [1.82, 2.24) is 19.8 Å². The molecule has 140 valence electrons. The van der Waals surface area contributed by atoms with Gasteiger partial charge in [0.05, 0.1) is 18.2 Å². The molecule has 0 aromatic carbocycles. The zero-order valence-electron chi connectivity index (χ0n) is 15.6. The van der Waals surface area contributed by atoms with E-state index < -0.39 is 0 Å². The van der Waals surface area contributed by atoms with Crippen LogP contribution in [0.15, 0.2) is 12.5 Å². The number of hydrogen-bond donors (Lipinski definition) is 1. The van der Waals surface area contributed by atoms with Crippen LogP contribution in [0.3, 0.4) is 0 Å². The summed E-state index contributed by atoms with van der Waals surface area (Å²) in [5.74, 6) is 0.303. The molecule has 2 fully saturated rings. The molecule has 25 heavy (non-hydrogen) atoms. The predicted molar refractivity (Wildman–Crippen MR) is 97.2 cm³/mol. The first kappa shape index (κ1) is 18.4. The number of imidazole rings is 1. The molecule has 6 nitrogen and oxygen atoms in total. The molecule has 0 unspecified atom stereocenters. The van der Waals surface area contributed by atoms with Gasteiger partial charge in [0.2, 0.25) is 5.91 Å². The van der Waals surface area contributed by atoms with Gasteiger partial charge in [-0.05, 0) is 32.6 Å². The molecule has 2 saturated heterocycles. The fraction of sp³-hybridized carbons (Fsp3) is 0.789. The van der Waals surface area contributed by atoms with Gasteiger partial charge >= 0.3 is 0 Å². The van der Waals surface area contributed by atoms with Crippen LogP contribution in [0.1, 0.15) is 63.7 Å². The van der Waals surface area contributed by atoms with E-state index in [0.29, 0.717) is 18.4 Å². The lowest BCUT2D eigenvalue weighted by molar-refractivity contribution is -0.131. The molecule has 0 radical (unpaired) electrons. The van der Waals surface area contributed by atoms with Crippen LogP contribution in [-0.4, -0.2) is 52.1 Å². The summed E-state index contributed by atoms with van der Waals surface area (Å²) >= 11 is 0. The lowest BCUT2D eigenvalue weighted by Crippen LogP contribution is -2.44. The van der Waals surface area contributed by atoms with Gasteiger partial charge < -0.3 is 19.5 Å². The quantitative estimate of drug-likeness (QED) is 0.888. The minimum absolute atomic E-state index is 0.0901. The maximum atomic E-state index is 12.5. The molecule has 3 rings (SSSR count). The molecule has 0 spiro atoms. The highest BCUT2D eigenvalue weighted by Gasteiger charge is 2.27. The molecule has 2 aliphatic rings. The number of likely N-dealkylation sites (tertiary alicyclic amines) is 1. The first-order valence-electron chi connectivity index (χ1n) is 9.75. The SMILES string of the molecule is C[C@H](CC(=O)N1CCCCCC1)N[C@@H]1CCO[C@@H](c2cncn2C)C1. The summed E-state index contributed by atoms with van der Waals surface area (Å²) in [5.41, 5.74) is 1.12. The second-order valence-corrected chi connectivity index (χ2v) is 7.58. The summed E-state index contributed by atoms with van der Waals surface area (Å²) in [4.78, 5) is 18.8. The Bertz CT molecular complexity index is 551. The number of amides is 1. The third-order valence-electron chi connectivity index (χ3n) is 5.43. The molecule has 2 aliphatic heterocycles. The second kappa shape index (κ2) is 8.81. The fourth-order valence-corrected chi connectivity index (χ4v) is 4.00. The third kappa shape index (κ3) is 5.05. The first-order valence-corrected chi connectivity index (χ1v) is 9.75. The molecule has 0 saturated carbocycles. The molecule has 3 atom stereocenters. The largest absolute Gasteiger partial charge is 0.372 e. The molecular weight excluding hydrogens is 316 g/mol. The minimum atomic E-state index is 0.0901. The number of hydrogen-bond acceptors (Lipinski definition) is 4. The summed E-state index contributed by atoms with van der Waals surface area (Å²) in [6.07, 6.45) is 11.1. The molecule has 0 bridgehead atoms. The Morgan fingerprint density at radius 2 is 2.12 bits per heavy atom. The van der Waals surface area contributed by atoms with E-state index >= 15 is 0 Å². The Kier molecular flexibility index (Phi) is 6.48. The lowest BCUT2D eigenvalue weighted by atomic mass is 10.00. The van der Waals surface area contributed by atoms with Crippen molar-refractivity contribution in [3.8, 4) is 0 Å². The number of aryl methyl sites for hydroxylation is 1. The Morgan fingerprint density at radius 1 is 1.36 bits per heavy atom. The van der Waals surface area contributed by atoms with E-state index in [1.165, 1.54) is 12.8 Å². The number of carbonyl (C=O) groups excluding carboxylic acids is 1. The standard InChI is InChI=1S/C19H32N4O2/c1-15(11-19(24)23-8-5-3-4-6-9-23)21-16-7-10-25-18(12-16)17-13-20-14-22(17)2/h13-16,18,21H,3-12H2,1-2H3/t15-,16-,18-/m1/s1. The van der Waals surface area contributed by atoms with Crippen LogP contribution in [0, 0.1) is 0 Å². The molecule has 1 aromatic rings. The lowest BCUT2D eigenvalue weighted by Gasteiger charge is -2.32. The van der Waals surface area contributed by atoms with Gasteiger partial charge in [0, 0.05) is 45.2 Å². The predicted octanol–water partition coefficient (Wildman–Crippen LogP) is 2.41. The smallest absolute Gasteiger partial charge is 0.224 e. The van der Waals surface area contributed by atoms with Crippen molar-refractivity contribution >= 4 is 5.91 Å². The van der Waals surface area contributed by atoms with Gasteiger partial charge in [-0.25, -0.2) is 4.98 Å². The van der Waals surface area contributed by atoms with Crippen molar-refractivity contribution in [3.05, 3.63) is 18.2 Å². The number of carbonyl (C=O) groups is 1. The maximum absolute atomic E-state index is 12.5. The number of nitrogens with one attached hydrogen (secondary N) is 1. The Morgan fingerprint density at radius 3 is 2.80 bits per heavy atom. The second-order valence-electron chi connectivity index (χ2n) is 7.58. The topological polar surface area (TPSA) is 59.4 Å².